The zero-order valence-electron chi connectivity index (χ0n) is 10.7. The third kappa shape index (κ3) is 2.25. The van der Waals surface area contributed by atoms with Crippen LogP contribution in [0, 0.1) is 0 Å². The summed E-state index contributed by atoms with van der Waals surface area (Å²) in [5.74, 6) is 0. The van der Waals surface area contributed by atoms with Gasteiger partial charge in [-0.25, -0.2) is 8.42 Å². The Morgan fingerprint density at radius 1 is 1.00 bits per heavy atom. The van der Waals surface area contributed by atoms with Gasteiger partial charge in [-0.2, -0.15) is 0 Å². The van der Waals surface area contributed by atoms with Gasteiger partial charge in [0.25, 0.3) is 0 Å². The maximum Gasteiger partial charge on any atom is 0.229 e. The van der Waals surface area contributed by atoms with Crippen LogP contribution >= 0.6 is 0 Å². The number of anilines is 1. The van der Waals surface area contributed by atoms with Gasteiger partial charge in [-0.15, -0.1) is 0 Å². The molecule has 0 aliphatic heterocycles. The molecule has 1 heterocycles. The number of H-pyrrole nitrogens is 1. The summed E-state index contributed by atoms with van der Waals surface area (Å²) in [7, 11) is -3.34. The van der Waals surface area contributed by atoms with Gasteiger partial charge in [0.2, 0.25) is 10.0 Å². The second-order valence-corrected chi connectivity index (χ2v) is 6.38. The van der Waals surface area contributed by atoms with E-state index in [1.807, 2.05) is 18.2 Å². The first-order chi connectivity index (χ1) is 9.44. The highest BCUT2D eigenvalue weighted by Crippen LogP contribution is 2.19. The van der Waals surface area contributed by atoms with E-state index in [9.17, 15) is 13.2 Å². The van der Waals surface area contributed by atoms with Gasteiger partial charge in [0, 0.05) is 16.3 Å². The molecule has 102 valence electrons. The Morgan fingerprint density at radius 2 is 1.70 bits per heavy atom. The number of nitrogens with one attached hydrogen (secondary N) is 2. The minimum absolute atomic E-state index is 0.0692. The highest BCUT2D eigenvalue weighted by Gasteiger charge is 2.07. The predicted molar refractivity (Wildman–Crippen MR) is 80.5 cm³/mol. The first-order valence-corrected chi connectivity index (χ1v) is 7.86. The number of aromatic nitrogens is 1. The topological polar surface area (TPSA) is 79.0 Å². The van der Waals surface area contributed by atoms with E-state index in [2.05, 4.69) is 9.71 Å². The monoisotopic (exact) mass is 288 g/mol. The van der Waals surface area contributed by atoms with E-state index in [0.717, 1.165) is 11.8 Å². The fourth-order valence-electron chi connectivity index (χ4n) is 2.20. The molecular formula is C14H12N2O3S. The molecule has 20 heavy (non-hydrogen) atoms. The zero-order chi connectivity index (χ0) is 14.3. The number of hydrogen-bond donors (Lipinski definition) is 2. The first-order valence-electron chi connectivity index (χ1n) is 5.97. The van der Waals surface area contributed by atoms with Crippen molar-refractivity contribution in [3.05, 3.63) is 52.7 Å². The Balaban J connectivity index is 2.30. The van der Waals surface area contributed by atoms with E-state index in [1.54, 1.807) is 24.3 Å². The number of para-hydroxylation sites is 1. The van der Waals surface area contributed by atoms with Gasteiger partial charge in [0.15, 0.2) is 5.43 Å². The molecule has 1 aromatic heterocycles. The van der Waals surface area contributed by atoms with Crippen molar-refractivity contribution in [2.45, 2.75) is 0 Å². The molecule has 3 aromatic rings. The van der Waals surface area contributed by atoms with Crippen LogP contribution in [0.4, 0.5) is 5.69 Å². The summed E-state index contributed by atoms with van der Waals surface area (Å²) in [6.07, 6.45) is 1.08. The van der Waals surface area contributed by atoms with E-state index in [1.165, 1.54) is 0 Å². The van der Waals surface area contributed by atoms with Crippen LogP contribution in [-0.4, -0.2) is 19.7 Å². The van der Waals surface area contributed by atoms with Crippen LogP contribution in [0.15, 0.2) is 47.3 Å². The average molecular weight is 288 g/mol. The van der Waals surface area contributed by atoms with Gasteiger partial charge >= 0.3 is 0 Å². The molecule has 0 bridgehead atoms. The lowest BCUT2D eigenvalue weighted by Gasteiger charge is -2.06. The lowest BCUT2D eigenvalue weighted by molar-refractivity contribution is 0.607. The van der Waals surface area contributed by atoms with Gasteiger partial charge in [0.1, 0.15) is 0 Å². The molecule has 0 unspecified atom stereocenters. The Kier molecular flexibility index (Phi) is 2.76. The third-order valence-corrected chi connectivity index (χ3v) is 3.61. The van der Waals surface area contributed by atoms with Crippen LogP contribution in [0.1, 0.15) is 0 Å². The second-order valence-electron chi connectivity index (χ2n) is 4.63. The Labute approximate surface area is 115 Å². The summed E-state index contributed by atoms with van der Waals surface area (Å²) < 4.78 is 24.9. The quantitative estimate of drug-likeness (QED) is 0.708. The van der Waals surface area contributed by atoms with E-state index in [-0.39, 0.29) is 5.43 Å². The van der Waals surface area contributed by atoms with E-state index in [4.69, 9.17) is 0 Å². The van der Waals surface area contributed by atoms with Gasteiger partial charge in [-0.3, -0.25) is 9.52 Å². The Hall–Kier alpha value is -2.34. The molecule has 6 heteroatoms. The van der Waals surface area contributed by atoms with Crippen molar-refractivity contribution in [2.24, 2.45) is 0 Å². The van der Waals surface area contributed by atoms with Crippen molar-refractivity contribution < 1.29 is 8.42 Å². The van der Waals surface area contributed by atoms with Crippen LogP contribution in [-0.2, 0) is 10.0 Å². The highest BCUT2D eigenvalue weighted by molar-refractivity contribution is 7.92. The van der Waals surface area contributed by atoms with Crippen molar-refractivity contribution >= 4 is 37.5 Å². The van der Waals surface area contributed by atoms with Crippen molar-refractivity contribution in [2.75, 3.05) is 11.0 Å². The minimum atomic E-state index is -3.34. The highest BCUT2D eigenvalue weighted by atomic mass is 32.2. The van der Waals surface area contributed by atoms with Crippen molar-refractivity contribution in [1.82, 2.24) is 4.98 Å². The van der Waals surface area contributed by atoms with Crippen LogP contribution in [0.5, 0.6) is 0 Å². The van der Waals surface area contributed by atoms with E-state index >= 15 is 0 Å². The minimum Gasteiger partial charge on any atom is -0.354 e. The molecule has 2 aromatic carbocycles. The first kappa shape index (κ1) is 12.7. The molecule has 0 aliphatic carbocycles. The lowest BCUT2D eigenvalue weighted by atomic mass is 10.1. The lowest BCUT2D eigenvalue weighted by Crippen LogP contribution is -2.10. The molecular weight excluding hydrogens is 276 g/mol. The summed E-state index contributed by atoms with van der Waals surface area (Å²) in [5.41, 5.74) is 1.68. The SMILES string of the molecule is CS(=O)(=O)Nc1ccc2c(=O)c3ccccc3[nH]c2c1. The molecule has 0 saturated heterocycles. The summed E-state index contributed by atoms with van der Waals surface area (Å²) in [6.45, 7) is 0. The molecule has 5 nitrogen and oxygen atoms in total. The summed E-state index contributed by atoms with van der Waals surface area (Å²) in [6, 6.07) is 12.0. The molecule has 3 rings (SSSR count). The van der Waals surface area contributed by atoms with Crippen LogP contribution in [0.3, 0.4) is 0 Å². The molecule has 0 amide bonds. The Bertz CT molecular complexity index is 975. The molecule has 0 spiro atoms. The molecule has 0 fully saturated rings. The predicted octanol–water partition coefficient (Wildman–Crippen LogP) is 2.05. The van der Waals surface area contributed by atoms with E-state index < -0.39 is 10.0 Å². The summed E-state index contributed by atoms with van der Waals surface area (Å²) in [4.78, 5) is 15.5. The van der Waals surface area contributed by atoms with Crippen LogP contribution in [0.25, 0.3) is 21.8 Å². The largest absolute Gasteiger partial charge is 0.354 e. The molecule has 0 atom stereocenters. The molecule has 0 saturated carbocycles. The van der Waals surface area contributed by atoms with Gasteiger partial charge < -0.3 is 4.98 Å². The standard InChI is InChI=1S/C14H12N2O3S/c1-20(18,19)16-9-6-7-11-13(8-9)15-12-5-3-2-4-10(12)14(11)17/h2-8,16H,1H3,(H,15,17). The zero-order valence-corrected chi connectivity index (χ0v) is 11.5. The molecule has 0 aliphatic rings. The number of pyridine rings is 1. The number of aromatic amines is 1. The third-order valence-electron chi connectivity index (χ3n) is 3.01. The maximum absolute atomic E-state index is 12.3. The van der Waals surface area contributed by atoms with Crippen molar-refractivity contribution in [3.63, 3.8) is 0 Å². The van der Waals surface area contributed by atoms with Crippen LogP contribution in [0.2, 0.25) is 0 Å². The van der Waals surface area contributed by atoms with Crippen LogP contribution < -0.4 is 10.2 Å². The number of rotatable bonds is 2. The summed E-state index contributed by atoms with van der Waals surface area (Å²) >= 11 is 0. The number of fused-ring (bicyclic) bond motifs is 2. The number of benzene rings is 2. The smallest absolute Gasteiger partial charge is 0.229 e. The average Bonchev–Trinajstić information content (AvgIpc) is 2.37. The number of sulfonamides is 1. The molecule has 2 N–H and O–H groups in total. The van der Waals surface area contributed by atoms with Gasteiger partial charge in [-0.05, 0) is 30.3 Å². The summed E-state index contributed by atoms with van der Waals surface area (Å²) in [5, 5.41) is 1.14. The maximum atomic E-state index is 12.3. The number of hydrogen-bond acceptors (Lipinski definition) is 3. The molecule has 0 radical (unpaired) electrons. The fraction of sp³-hybridized carbons (Fsp3) is 0.0714. The second kappa shape index (κ2) is 4.35. The fourth-order valence-corrected chi connectivity index (χ4v) is 2.76. The normalized spacial score (nSPS) is 11.8. The van der Waals surface area contributed by atoms with Crippen molar-refractivity contribution in [3.8, 4) is 0 Å². The Morgan fingerprint density at radius 3 is 2.45 bits per heavy atom. The van der Waals surface area contributed by atoms with Gasteiger partial charge in [-0.1, -0.05) is 12.1 Å². The van der Waals surface area contributed by atoms with Crippen molar-refractivity contribution in [1.29, 1.82) is 0 Å². The van der Waals surface area contributed by atoms with E-state index in [0.29, 0.717) is 22.0 Å². The van der Waals surface area contributed by atoms with Gasteiger partial charge in [0.05, 0.1) is 17.5 Å².